The Bertz CT molecular complexity index is 846. The highest BCUT2D eigenvalue weighted by Crippen LogP contribution is 2.22. The average Bonchev–Trinajstić information content (AvgIpc) is 2.66. The van der Waals surface area contributed by atoms with Gasteiger partial charge in [-0.2, -0.15) is 0 Å². The van der Waals surface area contributed by atoms with Crippen molar-refractivity contribution in [2.45, 2.75) is 25.7 Å². The first-order valence-electron chi connectivity index (χ1n) is 8.36. The zero-order valence-electron chi connectivity index (χ0n) is 14.1. The Morgan fingerprint density at radius 1 is 1.04 bits per heavy atom. The number of hydrogen-bond acceptors (Lipinski definition) is 5. The molecule has 0 unspecified atom stereocenters. The number of nitrogens with one attached hydrogen (secondary N) is 1. The molecule has 1 aliphatic carbocycles. The summed E-state index contributed by atoms with van der Waals surface area (Å²) in [5.41, 5.74) is 3.20. The molecule has 0 saturated carbocycles. The number of non-ortho nitro benzene ring substituents is 1. The summed E-state index contributed by atoms with van der Waals surface area (Å²) in [6.45, 7) is -0.424. The van der Waals surface area contributed by atoms with Crippen molar-refractivity contribution < 1.29 is 19.2 Å². The summed E-state index contributed by atoms with van der Waals surface area (Å²) >= 11 is 0. The first-order valence-corrected chi connectivity index (χ1v) is 8.36. The number of benzene rings is 2. The van der Waals surface area contributed by atoms with Gasteiger partial charge >= 0.3 is 5.97 Å². The van der Waals surface area contributed by atoms with Gasteiger partial charge in [0.15, 0.2) is 6.61 Å². The van der Waals surface area contributed by atoms with Crippen molar-refractivity contribution in [2.24, 2.45) is 0 Å². The van der Waals surface area contributed by atoms with Crippen LogP contribution in [0.25, 0.3) is 0 Å². The maximum absolute atomic E-state index is 12.1. The Morgan fingerprint density at radius 2 is 1.73 bits per heavy atom. The van der Waals surface area contributed by atoms with Crippen LogP contribution in [0.5, 0.6) is 0 Å². The van der Waals surface area contributed by atoms with Gasteiger partial charge in [-0.15, -0.1) is 0 Å². The molecular weight excluding hydrogens is 336 g/mol. The molecule has 3 rings (SSSR count). The predicted octanol–water partition coefficient (Wildman–Crippen LogP) is 3.27. The SMILES string of the molecule is O=C(COC(=O)c1ccc2c(c1)CCCC2)Nc1ccc([N+](=O)[O-])cc1. The molecule has 134 valence electrons. The van der Waals surface area contributed by atoms with Crippen LogP contribution in [0.1, 0.15) is 34.3 Å². The Balaban J connectivity index is 1.54. The molecule has 2 aromatic carbocycles. The first kappa shape index (κ1) is 17.6. The largest absolute Gasteiger partial charge is 0.452 e. The summed E-state index contributed by atoms with van der Waals surface area (Å²) < 4.78 is 5.06. The number of anilines is 1. The van der Waals surface area contributed by atoms with E-state index in [-0.39, 0.29) is 5.69 Å². The summed E-state index contributed by atoms with van der Waals surface area (Å²) in [7, 11) is 0. The number of nitrogens with zero attached hydrogens (tertiary/aromatic N) is 1. The number of hydrogen-bond donors (Lipinski definition) is 1. The molecule has 0 saturated heterocycles. The number of nitro groups is 1. The van der Waals surface area contributed by atoms with Gasteiger partial charge < -0.3 is 10.1 Å². The number of aryl methyl sites for hydroxylation is 2. The fourth-order valence-electron chi connectivity index (χ4n) is 2.94. The molecule has 0 bridgehead atoms. The van der Waals surface area contributed by atoms with Crippen LogP contribution >= 0.6 is 0 Å². The lowest BCUT2D eigenvalue weighted by atomic mass is 9.90. The second-order valence-electron chi connectivity index (χ2n) is 6.12. The minimum Gasteiger partial charge on any atom is -0.452 e. The monoisotopic (exact) mass is 354 g/mol. The van der Waals surface area contributed by atoms with Crippen molar-refractivity contribution in [1.29, 1.82) is 0 Å². The lowest BCUT2D eigenvalue weighted by Gasteiger charge is -2.16. The molecule has 26 heavy (non-hydrogen) atoms. The summed E-state index contributed by atoms with van der Waals surface area (Å²) in [6.07, 6.45) is 4.27. The van der Waals surface area contributed by atoms with Gasteiger partial charge in [-0.1, -0.05) is 6.07 Å². The molecule has 2 aromatic rings. The van der Waals surface area contributed by atoms with E-state index in [1.54, 1.807) is 6.07 Å². The van der Waals surface area contributed by atoms with Crippen LogP contribution < -0.4 is 5.32 Å². The fraction of sp³-hybridized carbons (Fsp3) is 0.263. The maximum Gasteiger partial charge on any atom is 0.338 e. The van der Waals surface area contributed by atoms with E-state index in [4.69, 9.17) is 4.74 Å². The third-order valence-corrected chi connectivity index (χ3v) is 4.28. The van der Waals surface area contributed by atoms with Gasteiger partial charge in [-0.05, 0) is 61.1 Å². The number of amides is 1. The van der Waals surface area contributed by atoms with Gasteiger partial charge in [0, 0.05) is 17.8 Å². The normalized spacial score (nSPS) is 12.8. The molecule has 0 atom stereocenters. The van der Waals surface area contributed by atoms with E-state index in [0.29, 0.717) is 11.3 Å². The quantitative estimate of drug-likeness (QED) is 0.505. The van der Waals surface area contributed by atoms with Gasteiger partial charge in [-0.25, -0.2) is 4.79 Å². The first-order chi connectivity index (χ1) is 12.5. The van der Waals surface area contributed by atoms with Crippen LogP contribution in [0.4, 0.5) is 11.4 Å². The molecule has 0 fully saturated rings. The summed E-state index contributed by atoms with van der Waals surface area (Å²) in [5.74, 6) is -1.05. The minimum absolute atomic E-state index is 0.0677. The van der Waals surface area contributed by atoms with Gasteiger partial charge in [0.25, 0.3) is 11.6 Å². The summed E-state index contributed by atoms with van der Waals surface area (Å²) in [5, 5.41) is 13.1. The van der Waals surface area contributed by atoms with E-state index in [1.807, 2.05) is 12.1 Å². The molecule has 0 heterocycles. The Morgan fingerprint density at radius 3 is 2.42 bits per heavy atom. The average molecular weight is 354 g/mol. The Kier molecular flexibility index (Phi) is 5.26. The molecular formula is C19H18N2O5. The van der Waals surface area contributed by atoms with Crippen LogP contribution in [-0.2, 0) is 22.4 Å². The lowest BCUT2D eigenvalue weighted by molar-refractivity contribution is -0.384. The van der Waals surface area contributed by atoms with Gasteiger partial charge in [0.1, 0.15) is 0 Å². The molecule has 0 aliphatic heterocycles. The van der Waals surface area contributed by atoms with Crippen LogP contribution in [-0.4, -0.2) is 23.4 Å². The predicted molar refractivity (Wildman–Crippen MR) is 95.1 cm³/mol. The van der Waals surface area contributed by atoms with Crippen molar-refractivity contribution in [3.8, 4) is 0 Å². The topological polar surface area (TPSA) is 98.5 Å². The van der Waals surface area contributed by atoms with Crippen LogP contribution in [0.15, 0.2) is 42.5 Å². The molecule has 7 heteroatoms. The highest BCUT2D eigenvalue weighted by atomic mass is 16.6. The molecule has 7 nitrogen and oxygen atoms in total. The Labute approximate surface area is 150 Å². The molecule has 0 spiro atoms. The molecule has 0 aromatic heterocycles. The van der Waals surface area contributed by atoms with E-state index in [2.05, 4.69) is 5.32 Å². The minimum atomic E-state index is -0.544. The van der Waals surface area contributed by atoms with Gasteiger partial charge in [0.2, 0.25) is 0 Å². The van der Waals surface area contributed by atoms with Crippen LogP contribution in [0.2, 0.25) is 0 Å². The van der Waals surface area contributed by atoms with Gasteiger partial charge in [0.05, 0.1) is 10.5 Å². The van der Waals surface area contributed by atoms with E-state index >= 15 is 0 Å². The molecule has 1 amide bonds. The molecule has 1 aliphatic rings. The van der Waals surface area contributed by atoms with Crippen molar-refractivity contribution >= 4 is 23.3 Å². The van der Waals surface area contributed by atoms with Crippen molar-refractivity contribution in [3.63, 3.8) is 0 Å². The van der Waals surface area contributed by atoms with E-state index in [0.717, 1.165) is 19.3 Å². The lowest BCUT2D eigenvalue weighted by Crippen LogP contribution is -2.21. The van der Waals surface area contributed by atoms with Crippen molar-refractivity contribution in [2.75, 3.05) is 11.9 Å². The second kappa shape index (κ2) is 7.77. The van der Waals surface area contributed by atoms with E-state index in [9.17, 15) is 19.7 Å². The van der Waals surface area contributed by atoms with Gasteiger partial charge in [-0.3, -0.25) is 14.9 Å². The summed E-state index contributed by atoms with van der Waals surface area (Å²) in [6, 6.07) is 10.9. The zero-order chi connectivity index (χ0) is 18.5. The fourth-order valence-corrected chi connectivity index (χ4v) is 2.94. The molecule has 0 radical (unpaired) electrons. The van der Waals surface area contributed by atoms with Crippen LogP contribution in [0.3, 0.4) is 0 Å². The highest BCUT2D eigenvalue weighted by Gasteiger charge is 2.15. The second-order valence-corrected chi connectivity index (χ2v) is 6.12. The van der Waals surface area contributed by atoms with Crippen molar-refractivity contribution in [1.82, 2.24) is 0 Å². The number of nitro benzene ring substituents is 1. The summed E-state index contributed by atoms with van der Waals surface area (Å²) in [4.78, 5) is 34.1. The number of esters is 1. The van der Waals surface area contributed by atoms with Crippen molar-refractivity contribution in [3.05, 3.63) is 69.3 Å². The number of ether oxygens (including phenoxy) is 1. The van der Waals surface area contributed by atoms with Crippen LogP contribution in [0, 0.1) is 10.1 Å². The number of fused-ring (bicyclic) bond motifs is 1. The Hall–Kier alpha value is -3.22. The standard InChI is InChI=1S/C19H18N2O5/c22-18(20-16-7-9-17(10-8-16)21(24)25)12-26-19(23)15-6-5-13-3-1-2-4-14(13)11-15/h5-11H,1-4,12H2,(H,20,22). The van der Waals surface area contributed by atoms with E-state index in [1.165, 1.54) is 41.8 Å². The highest BCUT2D eigenvalue weighted by molar-refractivity contribution is 5.95. The number of carbonyl (C=O) groups is 2. The maximum atomic E-state index is 12.1. The third-order valence-electron chi connectivity index (χ3n) is 4.28. The third kappa shape index (κ3) is 4.24. The number of carbonyl (C=O) groups excluding carboxylic acids is 2. The van der Waals surface area contributed by atoms with E-state index < -0.39 is 23.4 Å². The zero-order valence-corrected chi connectivity index (χ0v) is 14.1. The molecule has 1 N–H and O–H groups in total. The number of rotatable bonds is 5. The smallest absolute Gasteiger partial charge is 0.338 e.